The van der Waals surface area contributed by atoms with Crippen LogP contribution in [0.25, 0.3) is 10.8 Å². The maximum atomic E-state index is 13.2. The lowest BCUT2D eigenvalue weighted by Crippen LogP contribution is -2.31. The van der Waals surface area contributed by atoms with Crippen molar-refractivity contribution in [1.29, 1.82) is 0 Å². The number of para-hydroxylation sites is 2. The Morgan fingerprint density at radius 2 is 1.51 bits per heavy atom. The van der Waals surface area contributed by atoms with Crippen molar-refractivity contribution in [3.05, 3.63) is 102 Å². The smallest absolute Gasteiger partial charge is 0.260 e. The summed E-state index contributed by atoms with van der Waals surface area (Å²) in [6.07, 6.45) is 0. The van der Waals surface area contributed by atoms with E-state index in [0.29, 0.717) is 17.9 Å². The van der Waals surface area contributed by atoms with E-state index < -0.39 is 0 Å². The molecule has 4 aromatic carbocycles. The Morgan fingerprint density at radius 3 is 2.26 bits per heavy atom. The van der Waals surface area contributed by atoms with Gasteiger partial charge in [-0.25, -0.2) is 0 Å². The van der Waals surface area contributed by atoms with Gasteiger partial charge >= 0.3 is 0 Å². The summed E-state index contributed by atoms with van der Waals surface area (Å²) in [6.45, 7) is 2.11. The number of hydrogen-bond donors (Lipinski definition) is 1. The second-order valence-corrected chi connectivity index (χ2v) is 8.31. The molecule has 0 heterocycles. The molecule has 0 bridgehead atoms. The number of nitrogens with zero attached hydrogens (tertiary/aromatic N) is 1. The van der Waals surface area contributed by atoms with Crippen molar-refractivity contribution < 1.29 is 19.1 Å². The number of ether oxygens (including phenoxy) is 2. The zero-order valence-corrected chi connectivity index (χ0v) is 20.1. The topological polar surface area (TPSA) is 67.9 Å². The van der Waals surface area contributed by atoms with Gasteiger partial charge in [0.1, 0.15) is 11.5 Å². The lowest BCUT2D eigenvalue weighted by Gasteiger charge is -2.20. The van der Waals surface area contributed by atoms with E-state index in [-0.39, 0.29) is 18.4 Å². The highest BCUT2D eigenvalue weighted by Crippen LogP contribution is 2.28. The van der Waals surface area contributed by atoms with Crippen LogP contribution in [0.1, 0.15) is 21.5 Å². The summed E-state index contributed by atoms with van der Waals surface area (Å²) in [4.78, 5) is 27.7. The normalized spacial score (nSPS) is 10.6. The Kier molecular flexibility index (Phi) is 7.31. The van der Waals surface area contributed by atoms with E-state index in [2.05, 4.69) is 5.32 Å². The lowest BCUT2D eigenvalue weighted by molar-refractivity contribution is -0.132. The molecule has 0 aliphatic carbocycles. The SMILES string of the molecule is COc1ccccc1CN(C)C(=O)COc1cc2ccccc2cc1C(=O)Nc1ccccc1C. The summed E-state index contributed by atoms with van der Waals surface area (Å²) in [5.41, 5.74) is 2.95. The van der Waals surface area contributed by atoms with Crippen LogP contribution >= 0.6 is 0 Å². The first-order chi connectivity index (χ1) is 17.0. The van der Waals surface area contributed by atoms with Gasteiger partial charge in [0, 0.05) is 24.8 Å². The number of nitrogens with one attached hydrogen (secondary N) is 1. The van der Waals surface area contributed by atoms with E-state index >= 15 is 0 Å². The molecule has 0 saturated carbocycles. The highest BCUT2D eigenvalue weighted by atomic mass is 16.5. The van der Waals surface area contributed by atoms with Gasteiger partial charge in [-0.05, 0) is 47.5 Å². The van der Waals surface area contributed by atoms with Gasteiger partial charge in [0.2, 0.25) is 0 Å². The largest absolute Gasteiger partial charge is 0.496 e. The number of hydrogen-bond acceptors (Lipinski definition) is 4. The summed E-state index contributed by atoms with van der Waals surface area (Å²) >= 11 is 0. The molecule has 0 aromatic heterocycles. The van der Waals surface area contributed by atoms with Crippen LogP contribution in [0.3, 0.4) is 0 Å². The first kappa shape index (κ1) is 23.8. The van der Waals surface area contributed by atoms with E-state index in [4.69, 9.17) is 9.47 Å². The predicted molar refractivity (Wildman–Crippen MR) is 138 cm³/mol. The van der Waals surface area contributed by atoms with Crippen LogP contribution in [0.5, 0.6) is 11.5 Å². The predicted octanol–water partition coefficient (Wildman–Crippen LogP) is 5.45. The fourth-order valence-corrected chi connectivity index (χ4v) is 3.85. The Hall–Kier alpha value is -4.32. The van der Waals surface area contributed by atoms with Gasteiger partial charge < -0.3 is 19.7 Å². The molecule has 4 rings (SSSR count). The summed E-state index contributed by atoms with van der Waals surface area (Å²) in [5, 5.41) is 4.79. The maximum Gasteiger partial charge on any atom is 0.260 e. The molecule has 2 amide bonds. The minimum absolute atomic E-state index is 0.200. The van der Waals surface area contributed by atoms with Gasteiger partial charge in [-0.15, -0.1) is 0 Å². The molecular weight excluding hydrogens is 440 g/mol. The molecular formula is C29H28N2O4. The Morgan fingerprint density at radius 1 is 0.857 bits per heavy atom. The van der Waals surface area contributed by atoms with Crippen LogP contribution in [-0.2, 0) is 11.3 Å². The molecule has 0 aliphatic rings. The number of rotatable bonds is 8. The number of carbonyl (C=O) groups is 2. The van der Waals surface area contributed by atoms with Crippen molar-refractivity contribution in [2.45, 2.75) is 13.5 Å². The number of fused-ring (bicyclic) bond motifs is 1. The van der Waals surface area contributed by atoms with E-state index in [9.17, 15) is 9.59 Å². The van der Waals surface area contributed by atoms with Crippen LogP contribution < -0.4 is 14.8 Å². The van der Waals surface area contributed by atoms with Crippen molar-refractivity contribution in [3.8, 4) is 11.5 Å². The molecule has 6 heteroatoms. The first-order valence-corrected chi connectivity index (χ1v) is 11.3. The van der Waals surface area contributed by atoms with Crippen LogP contribution in [0.15, 0.2) is 84.9 Å². The number of carbonyl (C=O) groups excluding carboxylic acids is 2. The number of aryl methyl sites for hydroxylation is 1. The van der Waals surface area contributed by atoms with E-state index in [1.807, 2.05) is 79.7 Å². The molecule has 0 fully saturated rings. The minimum atomic E-state index is -0.296. The van der Waals surface area contributed by atoms with E-state index in [1.54, 1.807) is 31.2 Å². The highest BCUT2D eigenvalue weighted by molar-refractivity contribution is 6.09. The molecule has 0 spiro atoms. The number of anilines is 1. The molecule has 0 unspecified atom stereocenters. The quantitative estimate of drug-likeness (QED) is 0.374. The Bertz CT molecular complexity index is 1370. The fraction of sp³-hybridized carbons (Fsp3) is 0.172. The second kappa shape index (κ2) is 10.7. The van der Waals surface area contributed by atoms with Gasteiger partial charge in [0.15, 0.2) is 6.61 Å². The number of benzene rings is 4. The first-order valence-electron chi connectivity index (χ1n) is 11.3. The molecule has 178 valence electrons. The number of amides is 2. The van der Waals surface area contributed by atoms with Crippen molar-refractivity contribution in [2.24, 2.45) is 0 Å². The van der Waals surface area contributed by atoms with Gasteiger partial charge in [0.05, 0.1) is 12.7 Å². The molecule has 1 N–H and O–H groups in total. The van der Waals surface area contributed by atoms with Crippen molar-refractivity contribution in [2.75, 3.05) is 26.1 Å². The van der Waals surface area contributed by atoms with E-state index in [0.717, 1.165) is 33.3 Å². The average molecular weight is 469 g/mol. The zero-order valence-electron chi connectivity index (χ0n) is 20.1. The molecule has 0 atom stereocenters. The Balaban J connectivity index is 1.54. The van der Waals surface area contributed by atoms with Crippen LogP contribution in [0.2, 0.25) is 0 Å². The van der Waals surface area contributed by atoms with Crippen molar-refractivity contribution >= 4 is 28.3 Å². The van der Waals surface area contributed by atoms with Gasteiger partial charge in [0.25, 0.3) is 11.8 Å². The van der Waals surface area contributed by atoms with E-state index in [1.165, 1.54) is 0 Å². The maximum absolute atomic E-state index is 13.2. The van der Waals surface area contributed by atoms with Gasteiger partial charge in [-0.2, -0.15) is 0 Å². The monoisotopic (exact) mass is 468 g/mol. The molecule has 35 heavy (non-hydrogen) atoms. The molecule has 0 saturated heterocycles. The summed E-state index contributed by atoms with van der Waals surface area (Å²) in [5.74, 6) is 0.566. The third-order valence-corrected chi connectivity index (χ3v) is 5.86. The van der Waals surface area contributed by atoms with Crippen molar-refractivity contribution in [1.82, 2.24) is 4.90 Å². The van der Waals surface area contributed by atoms with Gasteiger partial charge in [-0.1, -0.05) is 60.7 Å². The van der Waals surface area contributed by atoms with Crippen molar-refractivity contribution in [3.63, 3.8) is 0 Å². The third kappa shape index (κ3) is 5.61. The van der Waals surface area contributed by atoms with Crippen LogP contribution in [0, 0.1) is 6.92 Å². The summed E-state index contributed by atoms with van der Waals surface area (Å²) in [7, 11) is 3.32. The zero-order chi connectivity index (χ0) is 24.8. The Labute approximate surface area is 205 Å². The molecule has 6 nitrogen and oxygen atoms in total. The van der Waals surface area contributed by atoms with Crippen LogP contribution in [0.4, 0.5) is 5.69 Å². The highest BCUT2D eigenvalue weighted by Gasteiger charge is 2.18. The standard InChI is InChI=1S/C29H28N2O4/c1-20-10-4-8-14-25(20)30-29(33)24-16-21-11-5-6-12-22(21)17-27(24)35-19-28(32)31(2)18-23-13-7-9-15-26(23)34-3/h4-17H,18-19H2,1-3H3,(H,30,33). The average Bonchev–Trinajstić information content (AvgIpc) is 2.88. The number of likely N-dealkylation sites (N-methyl/N-ethyl adjacent to an activating group) is 1. The summed E-state index contributed by atoms with van der Waals surface area (Å²) in [6, 6.07) is 26.5. The second-order valence-electron chi connectivity index (χ2n) is 8.31. The summed E-state index contributed by atoms with van der Waals surface area (Å²) < 4.78 is 11.3. The molecule has 0 aliphatic heterocycles. The number of methoxy groups -OCH3 is 1. The minimum Gasteiger partial charge on any atom is -0.496 e. The van der Waals surface area contributed by atoms with Gasteiger partial charge in [-0.3, -0.25) is 9.59 Å². The lowest BCUT2D eigenvalue weighted by atomic mass is 10.0. The third-order valence-electron chi connectivity index (χ3n) is 5.86. The van der Waals surface area contributed by atoms with Crippen LogP contribution in [-0.4, -0.2) is 37.5 Å². The molecule has 4 aromatic rings. The fourth-order valence-electron chi connectivity index (χ4n) is 3.85. The molecule has 0 radical (unpaired) electrons.